The number of aliphatic hydroxyl groups is 2. The van der Waals surface area contributed by atoms with Crippen LogP contribution in [-0.2, 0) is 0 Å². The zero-order chi connectivity index (χ0) is 7.28. The molecule has 0 aromatic carbocycles. The normalized spacial score (nSPS) is 14.3. The fraction of sp³-hybridized carbons (Fsp3) is 1.00. The highest BCUT2D eigenvalue weighted by atomic mass is 16.3. The lowest BCUT2D eigenvalue weighted by atomic mass is 10.4. The SMILES string of the molecule is CCCN(CO)C(C)O. The van der Waals surface area contributed by atoms with Gasteiger partial charge < -0.3 is 10.2 Å². The van der Waals surface area contributed by atoms with Gasteiger partial charge in [-0.2, -0.15) is 0 Å². The van der Waals surface area contributed by atoms with Crippen LogP contribution in [0, 0.1) is 0 Å². The molecule has 0 bridgehead atoms. The summed E-state index contributed by atoms with van der Waals surface area (Å²) in [6.07, 6.45) is 0.417. The van der Waals surface area contributed by atoms with Crippen LogP contribution in [0.2, 0.25) is 0 Å². The van der Waals surface area contributed by atoms with Gasteiger partial charge in [0.2, 0.25) is 0 Å². The Bertz CT molecular complexity index is 66.1. The van der Waals surface area contributed by atoms with Crippen molar-refractivity contribution in [3.8, 4) is 0 Å². The fourth-order valence-electron chi connectivity index (χ4n) is 0.663. The van der Waals surface area contributed by atoms with Crippen molar-refractivity contribution in [2.45, 2.75) is 26.5 Å². The second kappa shape index (κ2) is 4.73. The lowest BCUT2D eigenvalue weighted by Gasteiger charge is -2.21. The maximum atomic E-state index is 8.91. The van der Waals surface area contributed by atoms with E-state index in [9.17, 15) is 0 Å². The first-order valence-electron chi connectivity index (χ1n) is 3.25. The summed E-state index contributed by atoms with van der Waals surface area (Å²) in [4.78, 5) is 1.58. The number of hydrogen-bond donors (Lipinski definition) is 2. The van der Waals surface area contributed by atoms with Crippen molar-refractivity contribution in [2.24, 2.45) is 0 Å². The zero-order valence-electron chi connectivity index (χ0n) is 6.04. The van der Waals surface area contributed by atoms with E-state index < -0.39 is 6.23 Å². The Labute approximate surface area is 55.9 Å². The third-order valence-electron chi connectivity index (χ3n) is 1.22. The Morgan fingerprint density at radius 2 is 2.11 bits per heavy atom. The molecule has 2 N–H and O–H groups in total. The molecule has 0 radical (unpaired) electrons. The minimum atomic E-state index is -0.532. The van der Waals surface area contributed by atoms with E-state index in [0.717, 1.165) is 13.0 Å². The average molecular weight is 133 g/mol. The van der Waals surface area contributed by atoms with Crippen molar-refractivity contribution >= 4 is 0 Å². The predicted molar refractivity (Wildman–Crippen MR) is 35.8 cm³/mol. The molecule has 0 heterocycles. The highest BCUT2D eigenvalue weighted by molar-refractivity contribution is 4.49. The van der Waals surface area contributed by atoms with Crippen LogP contribution in [-0.4, -0.2) is 34.6 Å². The first-order chi connectivity index (χ1) is 4.22. The quantitative estimate of drug-likeness (QED) is 0.530. The van der Waals surface area contributed by atoms with Gasteiger partial charge in [-0.1, -0.05) is 6.92 Å². The second-order valence-electron chi connectivity index (χ2n) is 2.09. The lowest BCUT2D eigenvalue weighted by Crippen LogP contribution is -2.34. The van der Waals surface area contributed by atoms with Crippen LogP contribution in [0.15, 0.2) is 0 Å². The molecular weight excluding hydrogens is 118 g/mol. The summed E-state index contributed by atoms with van der Waals surface area (Å²) in [5.74, 6) is 0. The molecule has 0 spiro atoms. The summed E-state index contributed by atoms with van der Waals surface area (Å²) in [5, 5.41) is 17.5. The van der Waals surface area contributed by atoms with Gasteiger partial charge in [-0.3, -0.25) is 4.90 Å². The van der Waals surface area contributed by atoms with Crippen molar-refractivity contribution < 1.29 is 10.2 Å². The molecule has 3 heteroatoms. The highest BCUT2D eigenvalue weighted by Gasteiger charge is 2.05. The molecule has 1 atom stereocenters. The molecule has 0 aliphatic heterocycles. The molecule has 3 nitrogen and oxygen atoms in total. The van der Waals surface area contributed by atoms with E-state index in [4.69, 9.17) is 10.2 Å². The summed E-state index contributed by atoms with van der Waals surface area (Å²) in [6.45, 7) is 4.33. The largest absolute Gasteiger partial charge is 0.381 e. The number of nitrogens with zero attached hydrogens (tertiary/aromatic N) is 1. The standard InChI is InChI=1S/C6H15NO2/c1-3-4-7(5-8)6(2)9/h6,8-9H,3-5H2,1-2H3. The van der Waals surface area contributed by atoms with Crippen LogP contribution in [0.25, 0.3) is 0 Å². The summed E-state index contributed by atoms with van der Waals surface area (Å²) < 4.78 is 0. The van der Waals surface area contributed by atoms with Gasteiger partial charge in [0.1, 0.15) is 6.23 Å². The minimum absolute atomic E-state index is 0.0640. The van der Waals surface area contributed by atoms with Crippen LogP contribution in [0.4, 0.5) is 0 Å². The summed E-state index contributed by atoms with van der Waals surface area (Å²) in [7, 11) is 0. The molecular formula is C6H15NO2. The van der Waals surface area contributed by atoms with E-state index in [1.54, 1.807) is 11.8 Å². The summed E-state index contributed by atoms with van der Waals surface area (Å²) >= 11 is 0. The molecule has 0 rings (SSSR count). The number of hydrogen-bond acceptors (Lipinski definition) is 3. The van der Waals surface area contributed by atoms with Crippen LogP contribution < -0.4 is 0 Å². The Balaban J connectivity index is 3.41. The first-order valence-corrected chi connectivity index (χ1v) is 3.25. The van der Waals surface area contributed by atoms with Gasteiger partial charge in [0.15, 0.2) is 0 Å². The van der Waals surface area contributed by atoms with Crippen molar-refractivity contribution in [3.05, 3.63) is 0 Å². The van der Waals surface area contributed by atoms with E-state index >= 15 is 0 Å². The van der Waals surface area contributed by atoms with Crippen molar-refractivity contribution in [2.75, 3.05) is 13.3 Å². The zero-order valence-corrected chi connectivity index (χ0v) is 6.04. The smallest absolute Gasteiger partial charge is 0.106 e. The number of rotatable bonds is 4. The maximum absolute atomic E-state index is 8.91. The van der Waals surface area contributed by atoms with E-state index in [1.165, 1.54) is 0 Å². The molecule has 0 amide bonds. The van der Waals surface area contributed by atoms with Crippen LogP contribution in [0.5, 0.6) is 0 Å². The van der Waals surface area contributed by atoms with E-state index in [0.29, 0.717) is 0 Å². The molecule has 0 saturated carbocycles. The van der Waals surface area contributed by atoms with E-state index in [-0.39, 0.29) is 6.73 Å². The van der Waals surface area contributed by atoms with Gasteiger partial charge in [-0.25, -0.2) is 0 Å². The van der Waals surface area contributed by atoms with Gasteiger partial charge in [0, 0.05) is 6.54 Å². The lowest BCUT2D eigenvalue weighted by molar-refractivity contribution is -0.0340. The van der Waals surface area contributed by atoms with Crippen LogP contribution in [0.3, 0.4) is 0 Å². The molecule has 0 aliphatic carbocycles. The predicted octanol–water partition coefficient (Wildman–Crippen LogP) is -0.0135. The monoisotopic (exact) mass is 133 g/mol. The molecule has 1 unspecified atom stereocenters. The third kappa shape index (κ3) is 3.46. The van der Waals surface area contributed by atoms with Gasteiger partial charge >= 0.3 is 0 Å². The molecule has 0 fully saturated rings. The Kier molecular flexibility index (Phi) is 4.67. The van der Waals surface area contributed by atoms with Crippen molar-refractivity contribution in [1.29, 1.82) is 0 Å². The Morgan fingerprint density at radius 3 is 2.22 bits per heavy atom. The summed E-state index contributed by atoms with van der Waals surface area (Å²) in [5.41, 5.74) is 0. The van der Waals surface area contributed by atoms with Crippen molar-refractivity contribution in [1.82, 2.24) is 4.90 Å². The maximum Gasteiger partial charge on any atom is 0.106 e. The van der Waals surface area contributed by atoms with Gasteiger partial charge in [-0.05, 0) is 13.3 Å². The Morgan fingerprint density at radius 1 is 1.56 bits per heavy atom. The Hall–Kier alpha value is -0.120. The highest BCUT2D eigenvalue weighted by Crippen LogP contribution is 1.93. The van der Waals surface area contributed by atoms with Gasteiger partial charge in [0.25, 0.3) is 0 Å². The van der Waals surface area contributed by atoms with Crippen molar-refractivity contribution in [3.63, 3.8) is 0 Å². The summed E-state index contributed by atoms with van der Waals surface area (Å²) in [6, 6.07) is 0. The minimum Gasteiger partial charge on any atom is -0.381 e. The van der Waals surface area contributed by atoms with Gasteiger partial charge in [-0.15, -0.1) is 0 Å². The van der Waals surface area contributed by atoms with Crippen LogP contribution >= 0.6 is 0 Å². The molecule has 0 saturated heterocycles. The second-order valence-corrected chi connectivity index (χ2v) is 2.09. The van der Waals surface area contributed by atoms with E-state index in [1.807, 2.05) is 6.92 Å². The van der Waals surface area contributed by atoms with Crippen LogP contribution in [0.1, 0.15) is 20.3 Å². The third-order valence-corrected chi connectivity index (χ3v) is 1.22. The van der Waals surface area contributed by atoms with Gasteiger partial charge in [0.05, 0.1) is 6.73 Å². The number of aliphatic hydroxyl groups excluding tert-OH is 2. The molecule has 0 aliphatic rings. The fourth-order valence-corrected chi connectivity index (χ4v) is 0.663. The average Bonchev–Trinajstić information content (AvgIpc) is 1.82. The first kappa shape index (κ1) is 8.88. The molecule has 56 valence electrons. The molecule has 0 aromatic rings. The molecule has 0 aromatic heterocycles. The topological polar surface area (TPSA) is 43.7 Å². The van der Waals surface area contributed by atoms with E-state index in [2.05, 4.69) is 0 Å². The molecule has 9 heavy (non-hydrogen) atoms.